The van der Waals surface area contributed by atoms with Gasteiger partial charge in [0.1, 0.15) is 0 Å². The second kappa shape index (κ2) is 5.25. The van der Waals surface area contributed by atoms with Crippen molar-refractivity contribution in [1.82, 2.24) is 5.32 Å². The highest BCUT2D eigenvalue weighted by Crippen LogP contribution is 1.78. The van der Waals surface area contributed by atoms with Crippen LogP contribution in [0, 0.1) is 0 Å². The minimum absolute atomic E-state index is 0.0254. The molecule has 4 nitrogen and oxygen atoms in total. The largest absolute Gasteiger partial charge is 0.416 e. The van der Waals surface area contributed by atoms with Crippen LogP contribution in [0.2, 0.25) is 0 Å². The van der Waals surface area contributed by atoms with Crippen LogP contribution >= 0.6 is 0 Å². The van der Waals surface area contributed by atoms with E-state index in [9.17, 15) is 4.79 Å². The maximum Gasteiger partial charge on any atom is 0.312 e. The van der Waals surface area contributed by atoms with E-state index in [1.165, 1.54) is 0 Å². The van der Waals surface area contributed by atoms with E-state index >= 15 is 0 Å². The van der Waals surface area contributed by atoms with Crippen molar-refractivity contribution >= 4 is 15.8 Å². The minimum Gasteiger partial charge on any atom is -0.416 e. The van der Waals surface area contributed by atoms with E-state index in [2.05, 4.69) is 5.32 Å². The lowest BCUT2D eigenvalue weighted by molar-refractivity contribution is 0.247. The Balaban J connectivity index is 3.25. The molecule has 0 aromatic rings. The number of hydrogen-bond donors (Lipinski definition) is 2. The van der Waals surface area contributed by atoms with Crippen LogP contribution < -0.4 is 11.1 Å². The summed E-state index contributed by atoms with van der Waals surface area (Å²) in [7, 11) is 0.287. The molecule has 0 spiro atoms. The third-order valence-electron chi connectivity index (χ3n) is 0.763. The molecule has 0 fully saturated rings. The number of amides is 2. The summed E-state index contributed by atoms with van der Waals surface area (Å²) in [6.07, 6.45) is 0. The predicted octanol–water partition coefficient (Wildman–Crippen LogP) is -0.344. The first kappa shape index (κ1) is 9.45. The highest BCUT2D eigenvalue weighted by atomic mass is 28.2. The zero-order chi connectivity index (χ0) is 7.98. The maximum absolute atomic E-state index is 10.2. The molecule has 0 bridgehead atoms. The molecule has 0 saturated carbocycles. The molecule has 1 unspecified atom stereocenters. The van der Waals surface area contributed by atoms with Crippen molar-refractivity contribution in [2.24, 2.45) is 5.73 Å². The van der Waals surface area contributed by atoms with Gasteiger partial charge in [0.05, 0.1) is 0 Å². The average molecular weight is 160 g/mol. The zero-order valence-electron chi connectivity index (χ0n) is 6.18. The maximum atomic E-state index is 10.2. The molecule has 0 aliphatic heterocycles. The SMILES string of the molecule is CCO[Si]C(C)NC(N)=O. The van der Waals surface area contributed by atoms with E-state index in [4.69, 9.17) is 10.2 Å². The molecule has 0 aromatic heterocycles. The molecular formula is C5H12N2O2Si. The molecule has 5 heteroatoms. The van der Waals surface area contributed by atoms with Gasteiger partial charge in [0.15, 0.2) is 0 Å². The van der Waals surface area contributed by atoms with Crippen LogP contribution in [0.4, 0.5) is 4.79 Å². The van der Waals surface area contributed by atoms with E-state index in [-0.39, 0.29) is 15.4 Å². The molecule has 0 aromatic carbocycles. The van der Waals surface area contributed by atoms with Gasteiger partial charge in [-0.2, -0.15) is 0 Å². The number of carbonyl (C=O) groups is 1. The highest BCUT2D eigenvalue weighted by molar-refractivity contribution is 6.30. The lowest BCUT2D eigenvalue weighted by Gasteiger charge is -2.08. The monoisotopic (exact) mass is 160 g/mol. The third-order valence-corrected chi connectivity index (χ3v) is 1.72. The second-order valence-corrected chi connectivity index (χ2v) is 3.17. The Morgan fingerprint density at radius 1 is 1.90 bits per heavy atom. The van der Waals surface area contributed by atoms with Crippen LogP contribution in [0.25, 0.3) is 0 Å². The van der Waals surface area contributed by atoms with Gasteiger partial charge < -0.3 is 15.5 Å². The molecule has 58 valence electrons. The Morgan fingerprint density at radius 2 is 2.50 bits per heavy atom. The van der Waals surface area contributed by atoms with Gasteiger partial charge >= 0.3 is 6.03 Å². The molecule has 0 aliphatic rings. The molecule has 1 atom stereocenters. The topological polar surface area (TPSA) is 64.3 Å². The molecule has 2 amide bonds. The number of primary amides is 1. The lowest BCUT2D eigenvalue weighted by Crippen LogP contribution is -2.41. The van der Waals surface area contributed by atoms with Crippen molar-refractivity contribution in [1.29, 1.82) is 0 Å². The van der Waals surface area contributed by atoms with Gasteiger partial charge in [0, 0.05) is 12.3 Å². The first-order valence-electron chi connectivity index (χ1n) is 3.10. The number of hydrogen-bond acceptors (Lipinski definition) is 2. The second-order valence-electron chi connectivity index (χ2n) is 1.78. The smallest absolute Gasteiger partial charge is 0.312 e. The van der Waals surface area contributed by atoms with Crippen molar-refractivity contribution in [3.05, 3.63) is 0 Å². The van der Waals surface area contributed by atoms with E-state index in [1.54, 1.807) is 0 Å². The van der Waals surface area contributed by atoms with Crippen molar-refractivity contribution in [2.75, 3.05) is 6.61 Å². The summed E-state index contributed by atoms with van der Waals surface area (Å²) in [6, 6.07) is -0.500. The summed E-state index contributed by atoms with van der Waals surface area (Å²) >= 11 is 0. The fourth-order valence-corrected chi connectivity index (χ4v) is 1.07. The summed E-state index contributed by atoms with van der Waals surface area (Å²) in [5.74, 6) is 0. The van der Waals surface area contributed by atoms with Crippen LogP contribution in [0.15, 0.2) is 0 Å². The molecular weight excluding hydrogens is 148 g/mol. The van der Waals surface area contributed by atoms with Gasteiger partial charge in [-0.3, -0.25) is 0 Å². The van der Waals surface area contributed by atoms with Gasteiger partial charge in [0.2, 0.25) is 0 Å². The van der Waals surface area contributed by atoms with Crippen LogP contribution in [0.5, 0.6) is 0 Å². The number of carbonyl (C=O) groups excluding carboxylic acids is 1. The van der Waals surface area contributed by atoms with Crippen LogP contribution in [-0.2, 0) is 4.43 Å². The molecule has 0 heterocycles. The standard InChI is InChI=1S/C5H12N2O2Si/c1-3-9-10-4(2)7-5(6)8/h4H,3H2,1-2H3,(H3,6,7,8). The number of rotatable bonds is 4. The number of urea groups is 1. The van der Waals surface area contributed by atoms with E-state index < -0.39 is 6.03 Å². The van der Waals surface area contributed by atoms with Crippen molar-refractivity contribution in [2.45, 2.75) is 19.5 Å². The quantitative estimate of drug-likeness (QED) is 0.552. The van der Waals surface area contributed by atoms with Gasteiger partial charge in [-0.05, 0) is 13.8 Å². The molecule has 0 saturated heterocycles. The Kier molecular flexibility index (Phi) is 4.96. The molecule has 2 radical (unpaired) electrons. The van der Waals surface area contributed by atoms with Crippen molar-refractivity contribution in [3.63, 3.8) is 0 Å². The third kappa shape index (κ3) is 5.58. The predicted molar refractivity (Wildman–Crippen MR) is 39.6 cm³/mol. The summed E-state index contributed by atoms with van der Waals surface area (Å²) in [5, 5.41) is 2.50. The zero-order valence-corrected chi connectivity index (χ0v) is 7.18. The van der Waals surface area contributed by atoms with E-state index in [0.717, 1.165) is 0 Å². The molecule has 3 N–H and O–H groups in total. The average Bonchev–Trinajstić information content (AvgIpc) is 1.82. The minimum atomic E-state index is -0.500. The van der Waals surface area contributed by atoms with Gasteiger partial charge in [0.25, 0.3) is 9.76 Å². The Bertz CT molecular complexity index is 110. The fraction of sp³-hybridized carbons (Fsp3) is 0.800. The Labute approximate surface area is 63.1 Å². The summed E-state index contributed by atoms with van der Waals surface area (Å²) in [4.78, 5) is 10.2. The van der Waals surface area contributed by atoms with Crippen molar-refractivity contribution < 1.29 is 9.22 Å². The van der Waals surface area contributed by atoms with Gasteiger partial charge in [-0.15, -0.1) is 0 Å². The summed E-state index contributed by atoms with van der Waals surface area (Å²) in [5.41, 5.74) is 4.89. The lowest BCUT2D eigenvalue weighted by atomic mass is 10.7. The Morgan fingerprint density at radius 3 is 2.90 bits per heavy atom. The van der Waals surface area contributed by atoms with Crippen LogP contribution in [0.1, 0.15) is 13.8 Å². The van der Waals surface area contributed by atoms with Crippen molar-refractivity contribution in [3.8, 4) is 0 Å². The first-order valence-corrected chi connectivity index (χ1v) is 4.08. The molecule has 0 rings (SSSR count). The van der Waals surface area contributed by atoms with Crippen LogP contribution in [-0.4, -0.2) is 28.1 Å². The normalized spacial score (nSPS) is 12.6. The van der Waals surface area contributed by atoms with Gasteiger partial charge in [-0.25, -0.2) is 4.79 Å². The Hall–Kier alpha value is -0.553. The van der Waals surface area contributed by atoms with Crippen LogP contribution in [0.3, 0.4) is 0 Å². The summed E-state index contributed by atoms with van der Waals surface area (Å²) < 4.78 is 5.05. The van der Waals surface area contributed by atoms with E-state index in [0.29, 0.717) is 6.61 Å². The summed E-state index contributed by atoms with van der Waals surface area (Å²) in [6.45, 7) is 4.42. The first-order chi connectivity index (χ1) is 4.66. The number of nitrogens with one attached hydrogen (secondary N) is 1. The van der Waals surface area contributed by atoms with E-state index in [1.807, 2.05) is 13.8 Å². The highest BCUT2D eigenvalue weighted by Gasteiger charge is 2.04. The molecule has 10 heavy (non-hydrogen) atoms. The number of nitrogens with two attached hydrogens (primary N) is 1. The van der Waals surface area contributed by atoms with Gasteiger partial charge in [-0.1, -0.05) is 0 Å². The fourth-order valence-electron chi connectivity index (χ4n) is 0.451. The molecule has 0 aliphatic carbocycles.